The van der Waals surface area contributed by atoms with Gasteiger partial charge in [-0.25, -0.2) is 9.78 Å². The lowest BCUT2D eigenvalue weighted by Gasteiger charge is -2.12. The minimum atomic E-state index is -0.957. The molecule has 0 radical (unpaired) electrons. The molecule has 2 rings (SSSR count). The van der Waals surface area contributed by atoms with Crippen LogP contribution in [0, 0.1) is 20.8 Å². The molecule has 0 bridgehead atoms. The number of aromatic carboxylic acids is 1. The van der Waals surface area contributed by atoms with Crippen LogP contribution in [-0.2, 0) is 6.54 Å². The van der Waals surface area contributed by atoms with Crippen molar-refractivity contribution < 1.29 is 9.90 Å². The Bertz CT molecular complexity index is 634. The van der Waals surface area contributed by atoms with Gasteiger partial charge >= 0.3 is 5.97 Å². The van der Waals surface area contributed by atoms with E-state index in [1.54, 1.807) is 13.0 Å². The van der Waals surface area contributed by atoms with E-state index in [-0.39, 0.29) is 5.56 Å². The fourth-order valence-corrected chi connectivity index (χ4v) is 2.13. The summed E-state index contributed by atoms with van der Waals surface area (Å²) in [6, 6.07) is 9.88. The highest BCUT2D eigenvalue weighted by molar-refractivity contribution is 5.94. The summed E-state index contributed by atoms with van der Waals surface area (Å²) < 4.78 is 0. The van der Waals surface area contributed by atoms with Crippen molar-refractivity contribution in [1.82, 2.24) is 4.98 Å². The molecule has 0 amide bonds. The topological polar surface area (TPSA) is 62.2 Å². The van der Waals surface area contributed by atoms with Crippen molar-refractivity contribution >= 4 is 11.8 Å². The summed E-state index contributed by atoms with van der Waals surface area (Å²) in [4.78, 5) is 15.6. The van der Waals surface area contributed by atoms with E-state index in [4.69, 9.17) is 0 Å². The third-order valence-electron chi connectivity index (χ3n) is 3.14. The van der Waals surface area contributed by atoms with Crippen LogP contribution in [-0.4, -0.2) is 16.1 Å². The second-order valence-electron chi connectivity index (χ2n) is 4.95. The van der Waals surface area contributed by atoms with Gasteiger partial charge in [-0.3, -0.25) is 0 Å². The quantitative estimate of drug-likeness (QED) is 0.894. The van der Waals surface area contributed by atoms with Crippen LogP contribution in [0.3, 0.4) is 0 Å². The van der Waals surface area contributed by atoms with Gasteiger partial charge in [0.2, 0.25) is 0 Å². The molecule has 2 N–H and O–H groups in total. The van der Waals surface area contributed by atoms with Gasteiger partial charge in [0.05, 0.1) is 0 Å². The Balaban J connectivity index is 2.24. The zero-order chi connectivity index (χ0) is 14.7. The first-order valence-corrected chi connectivity index (χ1v) is 6.48. The van der Waals surface area contributed by atoms with Crippen LogP contribution in [0.15, 0.2) is 30.3 Å². The maximum absolute atomic E-state index is 11.3. The Morgan fingerprint density at radius 3 is 2.45 bits per heavy atom. The van der Waals surface area contributed by atoms with Gasteiger partial charge in [0.1, 0.15) is 11.4 Å². The highest BCUT2D eigenvalue weighted by Crippen LogP contribution is 2.19. The molecule has 0 spiro atoms. The van der Waals surface area contributed by atoms with Gasteiger partial charge in [-0.2, -0.15) is 0 Å². The van der Waals surface area contributed by atoms with Crippen LogP contribution < -0.4 is 5.32 Å². The van der Waals surface area contributed by atoms with Gasteiger partial charge in [-0.05, 0) is 38.0 Å². The number of hydrogen-bond donors (Lipinski definition) is 2. The summed E-state index contributed by atoms with van der Waals surface area (Å²) in [5.74, 6) is -0.531. The van der Waals surface area contributed by atoms with Crippen LogP contribution in [0.2, 0.25) is 0 Å². The summed E-state index contributed by atoms with van der Waals surface area (Å²) in [5, 5.41) is 12.4. The molecule has 2 aromatic rings. The van der Waals surface area contributed by atoms with Crippen molar-refractivity contribution in [2.45, 2.75) is 27.3 Å². The average molecular weight is 270 g/mol. The predicted octanol–water partition coefficient (Wildman–Crippen LogP) is 3.32. The molecule has 104 valence electrons. The lowest BCUT2D eigenvalue weighted by molar-refractivity contribution is 0.0697. The summed E-state index contributed by atoms with van der Waals surface area (Å²) >= 11 is 0. The van der Waals surface area contributed by atoms with Crippen LogP contribution in [0.1, 0.15) is 32.7 Å². The van der Waals surface area contributed by atoms with Crippen LogP contribution in [0.5, 0.6) is 0 Å². The molecule has 4 nitrogen and oxygen atoms in total. The van der Waals surface area contributed by atoms with E-state index in [9.17, 15) is 9.90 Å². The zero-order valence-corrected chi connectivity index (χ0v) is 11.9. The number of aromatic nitrogens is 1. The zero-order valence-electron chi connectivity index (χ0n) is 11.9. The first-order chi connectivity index (χ1) is 9.47. The highest BCUT2D eigenvalue weighted by atomic mass is 16.4. The standard InChI is InChI=1S/C16H18N2O2/c1-10-4-6-13(7-5-10)9-17-15-14(16(19)20)11(2)8-12(3)18-15/h4-8H,9H2,1-3H3,(H,17,18)(H,19,20). The van der Waals surface area contributed by atoms with Crippen molar-refractivity contribution in [3.8, 4) is 0 Å². The molecule has 0 aliphatic heterocycles. The fourth-order valence-electron chi connectivity index (χ4n) is 2.13. The van der Waals surface area contributed by atoms with Crippen LogP contribution >= 0.6 is 0 Å². The average Bonchev–Trinajstić information content (AvgIpc) is 2.36. The predicted molar refractivity (Wildman–Crippen MR) is 79.2 cm³/mol. The number of benzene rings is 1. The largest absolute Gasteiger partial charge is 0.478 e. The fraction of sp³-hybridized carbons (Fsp3) is 0.250. The summed E-state index contributed by atoms with van der Waals surface area (Å²) in [5.41, 5.74) is 4.05. The van der Waals surface area contributed by atoms with Gasteiger partial charge in [0.15, 0.2) is 0 Å². The number of rotatable bonds is 4. The van der Waals surface area contributed by atoms with Crippen LogP contribution in [0.25, 0.3) is 0 Å². The second kappa shape index (κ2) is 5.74. The van der Waals surface area contributed by atoms with Gasteiger partial charge in [0, 0.05) is 12.2 Å². The van der Waals surface area contributed by atoms with E-state index in [1.807, 2.05) is 38.1 Å². The smallest absolute Gasteiger partial charge is 0.339 e. The molecule has 1 aromatic carbocycles. The molecular formula is C16H18N2O2. The first-order valence-electron chi connectivity index (χ1n) is 6.48. The molecule has 0 aliphatic carbocycles. The Morgan fingerprint density at radius 2 is 1.85 bits per heavy atom. The number of anilines is 1. The van der Waals surface area contributed by atoms with E-state index in [2.05, 4.69) is 10.3 Å². The number of hydrogen-bond acceptors (Lipinski definition) is 3. The maximum Gasteiger partial charge on any atom is 0.339 e. The Kier molecular flexibility index (Phi) is 4.03. The van der Waals surface area contributed by atoms with Crippen molar-refractivity contribution in [3.05, 3.63) is 58.3 Å². The van der Waals surface area contributed by atoms with Gasteiger partial charge in [-0.1, -0.05) is 29.8 Å². The highest BCUT2D eigenvalue weighted by Gasteiger charge is 2.15. The van der Waals surface area contributed by atoms with E-state index < -0.39 is 5.97 Å². The molecular weight excluding hydrogens is 252 g/mol. The van der Waals surface area contributed by atoms with E-state index >= 15 is 0 Å². The SMILES string of the molecule is Cc1ccc(CNc2nc(C)cc(C)c2C(=O)O)cc1. The lowest BCUT2D eigenvalue weighted by atomic mass is 10.1. The molecule has 0 saturated heterocycles. The van der Waals surface area contributed by atoms with Crippen molar-refractivity contribution in [2.75, 3.05) is 5.32 Å². The molecule has 0 unspecified atom stereocenters. The minimum absolute atomic E-state index is 0.239. The molecule has 1 heterocycles. The number of nitrogens with one attached hydrogen (secondary N) is 1. The number of carboxylic acid groups (broad SMARTS) is 1. The molecule has 0 saturated carbocycles. The molecule has 0 atom stereocenters. The van der Waals surface area contributed by atoms with Crippen LogP contribution in [0.4, 0.5) is 5.82 Å². The third kappa shape index (κ3) is 3.15. The number of carboxylic acids is 1. The van der Waals surface area contributed by atoms with E-state index in [0.29, 0.717) is 12.4 Å². The van der Waals surface area contributed by atoms with E-state index in [1.165, 1.54) is 5.56 Å². The van der Waals surface area contributed by atoms with Crippen molar-refractivity contribution in [2.24, 2.45) is 0 Å². The molecule has 1 aromatic heterocycles. The monoisotopic (exact) mass is 270 g/mol. The molecule has 20 heavy (non-hydrogen) atoms. The summed E-state index contributed by atoms with van der Waals surface area (Å²) in [7, 11) is 0. The Hall–Kier alpha value is -2.36. The van der Waals surface area contributed by atoms with Crippen molar-refractivity contribution in [1.29, 1.82) is 0 Å². The first kappa shape index (κ1) is 14.1. The maximum atomic E-state index is 11.3. The van der Waals surface area contributed by atoms with Crippen molar-refractivity contribution in [3.63, 3.8) is 0 Å². The van der Waals surface area contributed by atoms with Gasteiger partial charge in [-0.15, -0.1) is 0 Å². The summed E-state index contributed by atoms with van der Waals surface area (Å²) in [6.07, 6.45) is 0. The molecule has 4 heteroatoms. The normalized spacial score (nSPS) is 10.3. The number of aryl methyl sites for hydroxylation is 3. The number of carbonyl (C=O) groups is 1. The minimum Gasteiger partial charge on any atom is -0.478 e. The number of nitrogens with zero attached hydrogens (tertiary/aromatic N) is 1. The summed E-state index contributed by atoms with van der Waals surface area (Å²) in [6.45, 7) is 6.23. The number of pyridine rings is 1. The Labute approximate surface area is 118 Å². The molecule has 0 fully saturated rings. The lowest BCUT2D eigenvalue weighted by Crippen LogP contribution is -2.11. The van der Waals surface area contributed by atoms with Gasteiger partial charge in [0.25, 0.3) is 0 Å². The van der Waals surface area contributed by atoms with E-state index in [0.717, 1.165) is 16.8 Å². The Morgan fingerprint density at radius 1 is 1.20 bits per heavy atom. The van der Waals surface area contributed by atoms with Gasteiger partial charge < -0.3 is 10.4 Å². The second-order valence-corrected chi connectivity index (χ2v) is 4.95. The third-order valence-corrected chi connectivity index (χ3v) is 3.14. The molecule has 0 aliphatic rings.